The van der Waals surface area contributed by atoms with E-state index in [-0.39, 0.29) is 0 Å². The van der Waals surface area contributed by atoms with Crippen molar-refractivity contribution in [1.29, 1.82) is 0 Å². The highest BCUT2D eigenvalue weighted by Gasteiger charge is 2.36. The Morgan fingerprint density at radius 1 is 1.09 bits per heavy atom. The lowest BCUT2D eigenvalue weighted by molar-refractivity contribution is -0.0662. The largest absolute Gasteiger partial charge is 0.500 e. The summed E-state index contributed by atoms with van der Waals surface area (Å²) in [5, 5.41) is 0. The summed E-state index contributed by atoms with van der Waals surface area (Å²) in [6.07, 6.45) is 3.68. The fourth-order valence-corrected chi connectivity index (χ4v) is 4.47. The van der Waals surface area contributed by atoms with Gasteiger partial charge in [-0.1, -0.05) is 0 Å². The van der Waals surface area contributed by atoms with Gasteiger partial charge in [0.05, 0.1) is 18.8 Å². The zero-order valence-corrected chi connectivity index (χ0v) is 15.7. The van der Waals surface area contributed by atoms with Crippen LogP contribution in [0.25, 0.3) is 0 Å². The highest BCUT2D eigenvalue weighted by Crippen LogP contribution is 2.15. The predicted octanol–water partition coefficient (Wildman–Crippen LogP) is 1.58. The van der Waals surface area contributed by atoms with Crippen molar-refractivity contribution in [2.75, 3.05) is 54.2 Å². The van der Waals surface area contributed by atoms with Crippen LogP contribution in [-0.4, -0.2) is 80.1 Å². The minimum atomic E-state index is -2.44. The fourth-order valence-electron chi connectivity index (χ4n) is 2.78. The molecule has 0 aromatic heterocycles. The van der Waals surface area contributed by atoms with E-state index in [1.54, 1.807) is 21.3 Å². The Kier molecular flexibility index (Phi) is 9.73. The minimum Gasteiger partial charge on any atom is -0.381 e. The van der Waals surface area contributed by atoms with Gasteiger partial charge in [-0.2, -0.15) is 0 Å². The quantitative estimate of drug-likeness (QED) is 0.422. The molecule has 0 spiro atoms. The fraction of sp³-hybridized carbons (Fsp3) is 0.933. The van der Waals surface area contributed by atoms with E-state index < -0.39 is 8.80 Å². The molecular formula is C15H32NO5Si. The topological polar surface area (TPSA) is 49.4 Å². The summed E-state index contributed by atoms with van der Waals surface area (Å²) in [6.45, 7) is 8.53. The summed E-state index contributed by atoms with van der Waals surface area (Å²) in [5.41, 5.74) is 0. The van der Waals surface area contributed by atoms with Gasteiger partial charge in [-0.15, -0.1) is 0 Å². The van der Waals surface area contributed by atoms with Crippen LogP contribution in [0.1, 0.15) is 20.3 Å². The van der Waals surface area contributed by atoms with E-state index in [0.717, 1.165) is 32.1 Å². The van der Waals surface area contributed by atoms with E-state index in [9.17, 15) is 0 Å². The van der Waals surface area contributed by atoms with E-state index >= 15 is 0 Å². The maximum atomic E-state index is 5.72. The normalized spacial score (nSPS) is 23.9. The third kappa shape index (κ3) is 7.04. The Morgan fingerprint density at radius 3 is 2.23 bits per heavy atom. The lowest BCUT2D eigenvalue weighted by Gasteiger charge is -2.35. The van der Waals surface area contributed by atoms with Gasteiger partial charge in [-0.25, -0.2) is 0 Å². The summed E-state index contributed by atoms with van der Waals surface area (Å²) in [6, 6.07) is 0.773. The molecule has 0 amide bonds. The van der Waals surface area contributed by atoms with E-state index in [4.69, 9.17) is 22.8 Å². The Labute approximate surface area is 136 Å². The first-order valence-electron chi connectivity index (χ1n) is 7.98. The van der Waals surface area contributed by atoms with Crippen LogP contribution in [0.5, 0.6) is 0 Å². The van der Waals surface area contributed by atoms with Crippen LogP contribution in [0.4, 0.5) is 0 Å². The zero-order valence-electron chi connectivity index (χ0n) is 14.7. The van der Waals surface area contributed by atoms with Crippen LogP contribution < -0.4 is 0 Å². The van der Waals surface area contributed by atoms with E-state index in [2.05, 4.69) is 25.2 Å². The molecule has 1 aliphatic rings. The van der Waals surface area contributed by atoms with Crippen LogP contribution in [0.2, 0.25) is 6.04 Å². The van der Waals surface area contributed by atoms with E-state index in [1.165, 1.54) is 0 Å². The SMILES string of the molecule is CO[Si](CCCOC[CH]CN1CC(C)OC(C)C1)(OC)OC. The maximum Gasteiger partial charge on any atom is 0.500 e. The van der Waals surface area contributed by atoms with Gasteiger partial charge in [0, 0.05) is 60.0 Å². The monoisotopic (exact) mass is 334 g/mol. The molecule has 0 aromatic rings. The predicted molar refractivity (Wildman–Crippen MR) is 87.8 cm³/mol. The smallest absolute Gasteiger partial charge is 0.381 e. The number of rotatable bonds is 11. The first-order valence-corrected chi connectivity index (χ1v) is 9.91. The van der Waals surface area contributed by atoms with Crippen LogP contribution in [0, 0.1) is 6.42 Å². The average Bonchev–Trinajstić information content (AvgIpc) is 2.50. The standard InChI is InChI=1S/C15H32NO5Si/c1-14-12-16(13-15(2)21-14)8-6-9-20-10-7-11-22(17-3,18-4)19-5/h6,14-15H,7-13H2,1-5H3. The van der Waals surface area contributed by atoms with Gasteiger partial charge in [0.1, 0.15) is 0 Å². The third-order valence-electron chi connectivity index (χ3n) is 3.82. The molecule has 0 N–H and O–H groups in total. The van der Waals surface area contributed by atoms with Crippen molar-refractivity contribution in [2.45, 2.75) is 38.5 Å². The molecule has 1 saturated heterocycles. The minimum absolute atomic E-state index is 0.313. The van der Waals surface area contributed by atoms with Crippen LogP contribution in [0.15, 0.2) is 0 Å². The molecule has 6 nitrogen and oxygen atoms in total. The van der Waals surface area contributed by atoms with E-state index in [0.29, 0.717) is 25.4 Å². The number of hydrogen-bond donors (Lipinski definition) is 0. The molecule has 7 heteroatoms. The van der Waals surface area contributed by atoms with Gasteiger partial charge in [0.25, 0.3) is 0 Å². The Bertz CT molecular complexity index is 273. The Hall–Kier alpha value is -0.0231. The van der Waals surface area contributed by atoms with Gasteiger partial charge in [0.15, 0.2) is 0 Å². The summed E-state index contributed by atoms with van der Waals surface area (Å²) >= 11 is 0. The van der Waals surface area contributed by atoms with Crippen molar-refractivity contribution in [3.8, 4) is 0 Å². The number of nitrogens with zero attached hydrogens (tertiary/aromatic N) is 1. The summed E-state index contributed by atoms with van der Waals surface area (Å²) in [7, 11) is 2.47. The lowest BCUT2D eigenvalue weighted by Crippen LogP contribution is -2.45. The molecule has 2 atom stereocenters. The number of hydrogen-bond acceptors (Lipinski definition) is 6. The molecule has 1 rings (SSSR count). The molecule has 1 aliphatic heterocycles. The molecule has 0 aliphatic carbocycles. The molecule has 22 heavy (non-hydrogen) atoms. The number of ether oxygens (including phenoxy) is 2. The molecule has 131 valence electrons. The molecule has 0 bridgehead atoms. The summed E-state index contributed by atoms with van der Waals surface area (Å²) in [5.74, 6) is 0. The van der Waals surface area contributed by atoms with E-state index in [1.807, 2.05) is 0 Å². The Balaban J connectivity index is 2.04. The first-order chi connectivity index (χ1) is 10.5. The summed E-state index contributed by atoms with van der Waals surface area (Å²) < 4.78 is 27.5. The van der Waals surface area contributed by atoms with Crippen molar-refractivity contribution < 1.29 is 22.8 Å². The van der Waals surface area contributed by atoms with Crippen molar-refractivity contribution in [1.82, 2.24) is 4.90 Å². The van der Waals surface area contributed by atoms with Gasteiger partial charge < -0.3 is 22.8 Å². The van der Waals surface area contributed by atoms with Crippen molar-refractivity contribution in [3.05, 3.63) is 6.42 Å². The summed E-state index contributed by atoms with van der Waals surface area (Å²) in [4.78, 5) is 2.40. The lowest BCUT2D eigenvalue weighted by atomic mass is 10.2. The van der Waals surface area contributed by atoms with Gasteiger partial charge in [-0.3, -0.25) is 4.90 Å². The molecular weight excluding hydrogens is 302 g/mol. The van der Waals surface area contributed by atoms with Crippen molar-refractivity contribution >= 4 is 8.80 Å². The molecule has 1 radical (unpaired) electrons. The third-order valence-corrected chi connectivity index (χ3v) is 6.65. The molecule has 2 unspecified atom stereocenters. The van der Waals surface area contributed by atoms with Crippen molar-refractivity contribution in [3.63, 3.8) is 0 Å². The zero-order chi connectivity index (χ0) is 16.4. The second kappa shape index (κ2) is 10.7. The highest BCUT2D eigenvalue weighted by molar-refractivity contribution is 6.60. The second-order valence-electron chi connectivity index (χ2n) is 5.74. The molecule has 1 heterocycles. The highest BCUT2D eigenvalue weighted by atomic mass is 28.4. The molecule has 0 aromatic carbocycles. The number of morpholine rings is 1. The molecule has 0 saturated carbocycles. The maximum absolute atomic E-state index is 5.72. The van der Waals surface area contributed by atoms with Crippen molar-refractivity contribution in [2.24, 2.45) is 0 Å². The van der Waals surface area contributed by atoms with Crippen LogP contribution >= 0.6 is 0 Å². The second-order valence-corrected chi connectivity index (χ2v) is 8.83. The Morgan fingerprint density at radius 2 is 1.68 bits per heavy atom. The molecule has 1 fully saturated rings. The first kappa shape index (κ1) is 20.0. The average molecular weight is 335 g/mol. The van der Waals surface area contributed by atoms with Gasteiger partial charge >= 0.3 is 8.80 Å². The van der Waals surface area contributed by atoms with Gasteiger partial charge in [-0.05, 0) is 20.3 Å². The van der Waals surface area contributed by atoms with Gasteiger partial charge in [0.2, 0.25) is 0 Å². The van der Waals surface area contributed by atoms with Crippen LogP contribution in [0.3, 0.4) is 0 Å². The van der Waals surface area contributed by atoms with Crippen LogP contribution in [-0.2, 0) is 22.8 Å².